The number of imidazole rings is 1. The van der Waals surface area contributed by atoms with Crippen molar-refractivity contribution in [3.05, 3.63) is 42.5 Å². The van der Waals surface area contributed by atoms with Gasteiger partial charge in [0.15, 0.2) is 11.5 Å². The molecule has 0 aliphatic carbocycles. The number of aromatic nitrogens is 4. The highest BCUT2D eigenvalue weighted by atomic mass is 32.2. The molecule has 0 radical (unpaired) electrons. The Balaban J connectivity index is 1.11. The van der Waals surface area contributed by atoms with Gasteiger partial charge in [-0.25, -0.2) is 15.0 Å². The lowest BCUT2D eigenvalue weighted by Crippen LogP contribution is -2.17. The molecule has 2 heterocycles. The van der Waals surface area contributed by atoms with Crippen LogP contribution in [0.25, 0.3) is 11.2 Å². The summed E-state index contributed by atoms with van der Waals surface area (Å²) in [4.78, 5) is 23.8. The lowest BCUT2D eigenvalue weighted by molar-refractivity contribution is 0.0718. The number of unbranched alkanes of at least 4 members (excludes halogenated alkanes) is 7. The molecule has 0 spiro atoms. The van der Waals surface area contributed by atoms with Gasteiger partial charge in [-0.15, -0.1) is 11.8 Å². The summed E-state index contributed by atoms with van der Waals surface area (Å²) in [5.74, 6) is 2.37. The number of thioether (sulfide) groups is 2. The van der Waals surface area contributed by atoms with E-state index in [0.29, 0.717) is 23.5 Å². The van der Waals surface area contributed by atoms with E-state index in [-0.39, 0.29) is 19.1 Å². The van der Waals surface area contributed by atoms with E-state index in [9.17, 15) is 9.46 Å². The molecule has 41 heavy (non-hydrogen) atoms. The first-order chi connectivity index (χ1) is 19.9. The number of benzene rings is 1. The summed E-state index contributed by atoms with van der Waals surface area (Å²) in [5.41, 5.74) is 8.40. The Hall–Kier alpha value is -1.62. The Morgan fingerprint density at radius 3 is 2.39 bits per heavy atom. The van der Waals surface area contributed by atoms with E-state index in [1.54, 1.807) is 22.7 Å². The van der Waals surface area contributed by atoms with Gasteiger partial charge in [0.2, 0.25) is 0 Å². The van der Waals surface area contributed by atoms with Crippen LogP contribution in [0.1, 0.15) is 70.3 Å². The summed E-state index contributed by atoms with van der Waals surface area (Å²) in [7, 11) is -3.80. The highest BCUT2D eigenvalue weighted by molar-refractivity contribution is 7.99. The van der Waals surface area contributed by atoms with Gasteiger partial charge in [0.25, 0.3) is 0 Å². The molecule has 2 atom stereocenters. The molecule has 1 unspecified atom stereocenters. The van der Waals surface area contributed by atoms with E-state index in [4.69, 9.17) is 15.0 Å². The Morgan fingerprint density at radius 1 is 0.976 bits per heavy atom. The lowest BCUT2D eigenvalue weighted by atomic mass is 10.0. The van der Waals surface area contributed by atoms with Crippen LogP contribution >= 0.6 is 31.1 Å². The molecule has 2 aromatic heterocycles. The highest BCUT2D eigenvalue weighted by Gasteiger charge is 2.21. The minimum absolute atomic E-state index is 0.254. The number of aryl methyl sites for hydroxylation is 1. The summed E-state index contributed by atoms with van der Waals surface area (Å²) < 4.78 is 25.0. The molecule has 0 amide bonds. The summed E-state index contributed by atoms with van der Waals surface area (Å²) in [6.45, 7) is 2.49. The van der Waals surface area contributed by atoms with Crippen LogP contribution in [0.15, 0.2) is 41.8 Å². The Morgan fingerprint density at radius 2 is 1.66 bits per heavy atom. The van der Waals surface area contributed by atoms with E-state index >= 15 is 0 Å². The van der Waals surface area contributed by atoms with Crippen LogP contribution in [-0.2, 0) is 26.8 Å². The Labute approximate surface area is 253 Å². The van der Waals surface area contributed by atoms with Gasteiger partial charge in [0.1, 0.15) is 18.2 Å². The molecule has 3 rings (SSSR count). The second-order valence-electron chi connectivity index (χ2n) is 10.3. The van der Waals surface area contributed by atoms with Crippen LogP contribution in [0.4, 0.5) is 5.82 Å². The quantitative estimate of drug-likeness (QED) is 0.0675. The van der Waals surface area contributed by atoms with Gasteiger partial charge in [-0.1, -0.05) is 50.7 Å². The smallest absolute Gasteiger partial charge is 0.353 e. The Kier molecular flexibility index (Phi) is 15.6. The van der Waals surface area contributed by atoms with E-state index in [1.165, 1.54) is 74.6 Å². The van der Waals surface area contributed by atoms with Crippen LogP contribution in [0, 0.1) is 0 Å². The van der Waals surface area contributed by atoms with Crippen LogP contribution in [0.5, 0.6) is 0 Å². The van der Waals surface area contributed by atoms with Crippen LogP contribution in [-0.4, -0.2) is 61.2 Å². The average Bonchev–Trinajstić information content (AvgIpc) is 3.38. The van der Waals surface area contributed by atoms with Crippen molar-refractivity contribution in [2.24, 2.45) is 0 Å². The standard InChI is InChI=1S/C29H46N5O4PS2/c1-24(20-34-22-33-27-28(30)31-21-32-29(27)34)37-23-39(35,36)38-17-11-19-41-18-10-8-6-4-3-5-7-9-12-25-13-15-26(40-2)16-14-25/h13-16,21-22,24H,3-12,17-20,23H2,1-2H3,(H,35,36)(H2,30,31,32)/t24-/m1/s1. The number of hydrogen-bond acceptors (Lipinski definition) is 9. The normalized spacial score (nSPS) is 13.9. The molecule has 3 aromatic rings. The monoisotopic (exact) mass is 623 g/mol. The summed E-state index contributed by atoms with van der Waals surface area (Å²) in [6.07, 6.45) is 16.8. The molecule has 0 aliphatic heterocycles. The molecule has 0 bridgehead atoms. The Bertz CT molecular complexity index is 1200. The van der Waals surface area contributed by atoms with Crippen molar-refractivity contribution in [3.8, 4) is 0 Å². The minimum Gasteiger partial charge on any atom is -0.382 e. The zero-order chi connectivity index (χ0) is 29.3. The number of ether oxygens (including phenoxy) is 1. The first-order valence-electron chi connectivity index (χ1n) is 14.6. The lowest BCUT2D eigenvalue weighted by Gasteiger charge is -2.17. The number of nitrogens with zero attached hydrogens (tertiary/aromatic N) is 4. The topological polar surface area (TPSA) is 125 Å². The van der Waals surface area contributed by atoms with Gasteiger partial charge < -0.3 is 24.5 Å². The number of nitrogen functional groups attached to an aromatic ring is 1. The second kappa shape index (κ2) is 18.8. The zero-order valence-electron chi connectivity index (χ0n) is 24.4. The molecule has 9 nitrogen and oxygen atoms in total. The average molecular weight is 624 g/mol. The maximum Gasteiger partial charge on any atom is 0.353 e. The van der Waals surface area contributed by atoms with Gasteiger partial charge >= 0.3 is 7.60 Å². The molecule has 0 saturated carbocycles. The number of nitrogens with two attached hydrogens (primary N) is 1. The maximum absolute atomic E-state index is 12.3. The fourth-order valence-corrected chi connectivity index (χ4v) is 6.75. The largest absolute Gasteiger partial charge is 0.382 e. The van der Waals surface area contributed by atoms with Crippen molar-refractivity contribution < 1.29 is 18.7 Å². The van der Waals surface area contributed by atoms with Crippen LogP contribution in [0.3, 0.4) is 0 Å². The molecule has 12 heteroatoms. The van der Waals surface area contributed by atoms with Crippen molar-refractivity contribution in [2.75, 3.05) is 36.4 Å². The fourth-order valence-electron chi connectivity index (χ4n) is 4.48. The van der Waals surface area contributed by atoms with Crippen molar-refractivity contribution in [3.63, 3.8) is 0 Å². The molecule has 0 saturated heterocycles. The molecule has 0 fully saturated rings. The van der Waals surface area contributed by atoms with E-state index in [0.717, 1.165) is 17.9 Å². The summed E-state index contributed by atoms with van der Waals surface area (Å²) in [6, 6.07) is 8.97. The maximum atomic E-state index is 12.3. The third-order valence-corrected chi connectivity index (χ3v) is 9.75. The predicted octanol–water partition coefficient (Wildman–Crippen LogP) is 7.18. The molecule has 3 N–H and O–H groups in total. The number of hydrogen-bond donors (Lipinski definition) is 2. The zero-order valence-corrected chi connectivity index (χ0v) is 27.0. The fraction of sp³-hybridized carbons (Fsp3) is 0.621. The third-order valence-electron chi connectivity index (χ3n) is 6.79. The molecule has 0 aliphatic rings. The van der Waals surface area contributed by atoms with Gasteiger partial charge in [-0.05, 0) is 68.1 Å². The first kappa shape index (κ1) is 33.9. The van der Waals surface area contributed by atoms with Gasteiger partial charge in [-0.3, -0.25) is 4.57 Å². The van der Waals surface area contributed by atoms with E-state index < -0.39 is 7.60 Å². The highest BCUT2D eigenvalue weighted by Crippen LogP contribution is 2.42. The van der Waals surface area contributed by atoms with E-state index in [2.05, 4.69) is 45.5 Å². The van der Waals surface area contributed by atoms with Crippen molar-refractivity contribution in [1.82, 2.24) is 19.5 Å². The number of fused-ring (bicyclic) bond motifs is 1. The predicted molar refractivity (Wildman–Crippen MR) is 172 cm³/mol. The third kappa shape index (κ3) is 13.1. The van der Waals surface area contributed by atoms with Gasteiger partial charge in [-0.2, -0.15) is 11.8 Å². The van der Waals surface area contributed by atoms with Crippen molar-refractivity contribution >= 4 is 48.1 Å². The molecular formula is C29H46N5O4PS2. The number of anilines is 1. The van der Waals surface area contributed by atoms with Crippen LogP contribution < -0.4 is 5.73 Å². The van der Waals surface area contributed by atoms with Crippen LogP contribution in [0.2, 0.25) is 0 Å². The van der Waals surface area contributed by atoms with Crippen molar-refractivity contribution in [2.45, 2.75) is 88.7 Å². The first-order valence-corrected chi connectivity index (χ1v) is 18.7. The van der Waals surface area contributed by atoms with Gasteiger partial charge in [0.05, 0.1) is 25.6 Å². The second-order valence-corrected chi connectivity index (χ2v) is 14.2. The SMILES string of the molecule is CSc1ccc(CCCCCCCCCCSCCCOP(=O)(O)CO[C@H](C)Cn2cnc3c(N)ncnc32)cc1. The minimum atomic E-state index is -3.80. The van der Waals surface area contributed by atoms with E-state index in [1.807, 2.05) is 18.7 Å². The molecule has 1 aromatic carbocycles. The molecular weight excluding hydrogens is 577 g/mol. The van der Waals surface area contributed by atoms with Crippen molar-refractivity contribution in [1.29, 1.82) is 0 Å². The summed E-state index contributed by atoms with van der Waals surface area (Å²) in [5, 5.41) is 0. The summed E-state index contributed by atoms with van der Waals surface area (Å²) >= 11 is 3.68. The molecule has 228 valence electrons. The number of rotatable bonds is 22. The van der Waals surface area contributed by atoms with Gasteiger partial charge in [0, 0.05) is 4.90 Å².